The number of quaternary nitrogens is 1. The van der Waals surface area contributed by atoms with E-state index in [4.69, 9.17) is 23.2 Å². The Kier molecular flexibility index (Phi) is 5.08. The third-order valence-corrected chi connectivity index (χ3v) is 4.79. The Morgan fingerprint density at radius 2 is 1.84 bits per heavy atom. The van der Waals surface area contributed by atoms with E-state index in [0.29, 0.717) is 27.3 Å². The number of halogens is 3. The summed E-state index contributed by atoms with van der Waals surface area (Å²) in [5.74, 6) is 0.0484. The van der Waals surface area contributed by atoms with Gasteiger partial charge in [-0.2, -0.15) is 0 Å². The number of nitrogens with zero attached hydrogens (tertiary/aromatic N) is 1. The molecule has 25 heavy (non-hydrogen) atoms. The monoisotopic (exact) mass is 380 g/mol. The number of nitrogens with one attached hydrogen (secondary N) is 1. The zero-order valence-electron chi connectivity index (χ0n) is 13.7. The van der Waals surface area contributed by atoms with Gasteiger partial charge in [-0.05, 0) is 38.1 Å². The first-order valence-corrected chi connectivity index (χ1v) is 8.60. The van der Waals surface area contributed by atoms with Crippen LogP contribution in [0.25, 0.3) is 10.9 Å². The van der Waals surface area contributed by atoms with Crippen LogP contribution in [-0.4, -0.2) is 9.97 Å². The number of nitrogens with two attached hydrogens (primary N) is 1. The first kappa shape index (κ1) is 17.9. The van der Waals surface area contributed by atoms with Crippen LogP contribution >= 0.6 is 23.2 Å². The van der Waals surface area contributed by atoms with Crippen molar-refractivity contribution < 1.29 is 9.71 Å². The number of fused-ring (bicyclic) bond motifs is 1. The van der Waals surface area contributed by atoms with Crippen molar-refractivity contribution in [1.29, 1.82) is 0 Å². The molecule has 2 aromatic carbocycles. The van der Waals surface area contributed by atoms with E-state index in [1.54, 1.807) is 18.2 Å². The Balaban J connectivity index is 1.88. The van der Waals surface area contributed by atoms with Crippen LogP contribution in [0.3, 0.4) is 0 Å². The molecule has 4 nitrogen and oxygen atoms in total. The maximum Gasteiger partial charge on any atom is 0.258 e. The largest absolute Gasteiger partial charge is 0.332 e. The smallest absolute Gasteiger partial charge is 0.258 e. The lowest BCUT2D eigenvalue weighted by Crippen LogP contribution is -2.85. The molecule has 130 valence electrons. The minimum Gasteiger partial charge on any atom is -0.332 e. The minimum absolute atomic E-state index is 0.00507. The summed E-state index contributed by atoms with van der Waals surface area (Å²) in [4.78, 5) is 19.5. The molecule has 0 aliphatic rings. The Labute approximate surface area is 154 Å². The van der Waals surface area contributed by atoms with E-state index < -0.39 is 5.82 Å². The van der Waals surface area contributed by atoms with Gasteiger partial charge in [0.25, 0.3) is 5.56 Å². The summed E-state index contributed by atoms with van der Waals surface area (Å²) in [6, 6.07) is 9.62. The number of hydrogen-bond donors (Lipinski definition) is 2. The first-order valence-electron chi connectivity index (χ1n) is 7.85. The van der Waals surface area contributed by atoms with E-state index in [0.717, 1.165) is 0 Å². The van der Waals surface area contributed by atoms with Crippen molar-refractivity contribution in [2.24, 2.45) is 0 Å². The van der Waals surface area contributed by atoms with E-state index >= 15 is 0 Å². The maximum absolute atomic E-state index is 13.7. The molecular formula is C18H17Cl2FN3O+. The topological polar surface area (TPSA) is 62.4 Å². The molecule has 0 bridgehead atoms. The van der Waals surface area contributed by atoms with E-state index in [9.17, 15) is 9.18 Å². The molecule has 0 radical (unpaired) electrons. The molecule has 3 aromatic rings. The van der Waals surface area contributed by atoms with Gasteiger partial charge in [0.2, 0.25) is 0 Å². The van der Waals surface area contributed by atoms with Crippen LogP contribution in [0.5, 0.6) is 0 Å². The van der Waals surface area contributed by atoms with Gasteiger partial charge in [0, 0.05) is 5.56 Å². The van der Waals surface area contributed by atoms with Gasteiger partial charge >= 0.3 is 0 Å². The van der Waals surface area contributed by atoms with E-state index in [-0.39, 0.29) is 22.7 Å². The second-order valence-electron chi connectivity index (χ2n) is 6.03. The lowest BCUT2D eigenvalue weighted by Gasteiger charge is -2.18. The quantitative estimate of drug-likeness (QED) is 0.676. The summed E-state index contributed by atoms with van der Waals surface area (Å²) in [5, 5.41) is 2.91. The third kappa shape index (κ3) is 3.68. The molecular weight excluding hydrogens is 364 g/mol. The summed E-state index contributed by atoms with van der Waals surface area (Å²) in [5.41, 5.74) is 1.10. The fourth-order valence-corrected chi connectivity index (χ4v) is 3.39. The molecule has 1 heterocycles. The van der Waals surface area contributed by atoms with Crippen LogP contribution in [0.15, 0.2) is 41.2 Å². The number of hydrogen-bond acceptors (Lipinski definition) is 2. The lowest BCUT2D eigenvalue weighted by molar-refractivity contribution is -0.729. The molecule has 0 aliphatic heterocycles. The van der Waals surface area contributed by atoms with Gasteiger partial charge in [0.15, 0.2) is 5.82 Å². The number of aromatic amines is 1. The number of H-pyrrole nitrogens is 1. The number of rotatable bonds is 4. The summed E-state index contributed by atoms with van der Waals surface area (Å²) >= 11 is 11.9. The van der Waals surface area contributed by atoms with Crippen LogP contribution < -0.4 is 10.9 Å². The molecule has 0 saturated heterocycles. The predicted molar refractivity (Wildman–Crippen MR) is 97.5 cm³/mol. The normalized spacial score (nSPS) is 13.8. The molecule has 0 spiro atoms. The van der Waals surface area contributed by atoms with E-state index in [2.05, 4.69) is 9.97 Å². The van der Waals surface area contributed by atoms with E-state index in [1.807, 2.05) is 25.2 Å². The molecule has 3 N–H and O–H groups in total. The van der Waals surface area contributed by atoms with Gasteiger partial charge in [-0.15, -0.1) is 0 Å². The zero-order chi connectivity index (χ0) is 18.1. The van der Waals surface area contributed by atoms with Crippen LogP contribution in [0.4, 0.5) is 4.39 Å². The molecule has 0 fully saturated rings. The highest BCUT2D eigenvalue weighted by Crippen LogP contribution is 2.27. The van der Waals surface area contributed by atoms with Crippen molar-refractivity contribution in [3.8, 4) is 0 Å². The van der Waals surface area contributed by atoms with Gasteiger partial charge in [-0.3, -0.25) is 4.79 Å². The Hall–Kier alpha value is -1.95. The molecule has 2 atom stereocenters. The second-order valence-corrected chi connectivity index (χ2v) is 6.84. The van der Waals surface area contributed by atoms with Gasteiger partial charge in [0.1, 0.15) is 17.9 Å². The maximum atomic E-state index is 13.7. The van der Waals surface area contributed by atoms with Crippen LogP contribution in [-0.2, 0) is 0 Å². The minimum atomic E-state index is -0.508. The third-order valence-electron chi connectivity index (χ3n) is 4.17. The van der Waals surface area contributed by atoms with Crippen molar-refractivity contribution in [2.45, 2.75) is 25.9 Å². The van der Waals surface area contributed by atoms with E-state index in [1.165, 1.54) is 12.1 Å². The lowest BCUT2D eigenvalue weighted by atomic mass is 10.1. The van der Waals surface area contributed by atoms with Crippen molar-refractivity contribution >= 4 is 34.1 Å². The van der Waals surface area contributed by atoms with Crippen LogP contribution in [0.1, 0.15) is 37.3 Å². The summed E-state index contributed by atoms with van der Waals surface area (Å²) in [6.45, 7) is 3.83. The SMILES string of the molecule is C[C@H]([NH2+][C@H](C)c1nc2ccccc2c(=O)[nH]1)c1cc(F)c(Cl)cc1Cl. The van der Waals surface area contributed by atoms with Crippen LogP contribution in [0, 0.1) is 5.82 Å². The van der Waals surface area contributed by atoms with Crippen molar-refractivity contribution in [2.75, 3.05) is 0 Å². The molecule has 0 unspecified atom stereocenters. The number of para-hydroxylation sites is 1. The fraction of sp³-hybridized carbons (Fsp3) is 0.222. The average Bonchev–Trinajstić information content (AvgIpc) is 2.58. The molecule has 1 aromatic heterocycles. The van der Waals surface area contributed by atoms with Crippen molar-refractivity contribution in [1.82, 2.24) is 9.97 Å². The summed E-state index contributed by atoms with van der Waals surface area (Å²) in [6.07, 6.45) is 0. The van der Waals surface area contributed by atoms with Crippen molar-refractivity contribution in [3.63, 3.8) is 0 Å². The Morgan fingerprint density at radius 1 is 1.12 bits per heavy atom. The highest BCUT2D eigenvalue weighted by molar-refractivity contribution is 6.35. The van der Waals surface area contributed by atoms with Gasteiger partial charge in [0.05, 0.1) is 20.9 Å². The van der Waals surface area contributed by atoms with Gasteiger partial charge in [-0.1, -0.05) is 35.3 Å². The fourth-order valence-electron chi connectivity index (χ4n) is 2.83. The Bertz CT molecular complexity index is 990. The first-order chi connectivity index (χ1) is 11.9. The van der Waals surface area contributed by atoms with Crippen molar-refractivity contribution in [3.05, 3.63) is 74.0 Å². The highest BCUT2D eigenvalue weighted by atomic mass is 35.5. The molecule has 0 amide bonds. The average molecular weight is 381 g/mol. The number of aromatic nitrogens is 2. The van der Waals surface area contributed by atoms with Gasteiger partial charge in [-0.25, -0.2) is 9.37 Å². The standard InChI is InChI=1S/C18H16Cl2FN3O/c1-9(12-7-15(21)14(20)8-13(12)19)22-10(2)17-23-16-6-4-3-5-11(16)18(25)24-17/h3-10,22H,1-2H3,(H,23,24,25)/p+1/t9-,10+/m0/s1. The van der Waals surface area contributed by atoms with Crippen LogP contribution in [0.2, 0.25) is 10.0 Å². The zero-order valence-corrected chi connectivity index (χ0v) is 15.2. The summed E-state index contributed by atoms with van der Waals surface area (Å²) < 4.78 is 13.7. The predicted octanol–water partition coefficient (Wildman–Crippen LogP) is 3.75. The summed E-state index contributed by atoms with van der Waals surface area (Å²) in [7, 11) is 0. The number of benzene rings is 2. The molecule has 3 rings (SSSR count). The Morgan fingerprint density at radius 3 is 2.60 bits per heavy atom. The molecule has 7 heteroatoms. The second kappa shape index (κ2) is 7.12. The molecule has 0 aliphatic carbocycles. The highest BCUT2D eigenvalue weighted by Gasteiger charge is 2.21. The van der Waals surface area contributed by atoms with Gasteiger partial charge < -0.3 is 10.3 Å². The molecule has 0 saturated carbocycles.